The van der Waals surface area contributed by atoms with E-state index in [1.54, 1.807) is 0 Å². The summed E-state index contributed by atoms with van der Waals surface area (Å²) >= 11 is 0. The van der Waals surface area contributed by atoms with E-state index in [0.717, 1.165) is 26.1 Å². The van der Waals surface area contributed by atoms with E-state index in [9.17, 15) is 9.59 Å². The fraction of sp³-hybridized carbons (Fsp3) is 0.636. The van der Waals surface area contributed by atoms with Gasteiger partial charge in [0.05, 0.1) is 12.1 Å². The van der Waals surface area contributed by atoms with Gasteiger partial charge in [0.2, 0.25) is 5.91 Å². The predicted octanol–water partition coefficient (Wildman–Crippen LogP) is 3.02. The van der Waals surface area contributed by atoms with E-state index >= 15 is 0 Å². The van der Waals surface area contributed by atoms with Gasteiger partial charge in [-0.3, -0.25) is 9.69 Å². The van der Waals surface area contributed by atoms with E-state index in [1.165, 1.54) is 5.56 Å². The van der Waals surface area contributed by atoms with Crippen molar-refractivity contribution in [1.29, 1.82) is 0 Å². The number of ether oxygens (including phenoxy) is 1. The molecule has 2 aliphatic heterocycles. The first kappa shape index (κ1) is 20.6. The van der Waals surface area contributed by atoms with Crippen LogP contribution in [0.25, 0.3) is 0 Å². The van der Waals surface area contributed by atoms with Crippen LogP contribution in [-0.2, 0) is 16.1 Å². The van der Waals surface area contributed by atoms with Gasteiger partial charge in [0.1, 0.15) is 5.60 Å². The number of hydrogen-bond donors (Lipinski definition) is 1. The van der Waals surface area contributed by atoms with Gasteiger partial charge in [0.25, 0.3) is 0 Å². The fourth-order valence-electron chi connectivity index (χ4n) is 4.12. The maximum absolute atomic E-state index is 12.6. The second-order valence-electron chi connectivity index (χ2n) is 9.19. The van der Waals surface area contributed by atoms with Gasteiger partial charge >= 0.3 is 6.09 Å². The standard InChI is InChI=1S/C22H33N3O3/c1-16-10-11-20(26)25(12-16)19-15-24(13-17-8-6-5-7-9-17)14-18(19)23-21(27)28-22(2,3)4/h5-9,16,18-19H,10-15H2,1-4H3,(H,23,27)/t16?,18-,19+/m0/s1. The molecular weight excluding hydrogens is 354 g/mol. The van der Waals surface area contributed by atoms with Gasteiger partial charge in [-0.2, -0.15) is 0 Å². The molecule has 0 saturated carbocycles. The van der Waals surface area contributed by atoms with Crippen molar-refractivity contribution in [2.24, 2.45) is 5.92 Å². The van der Waals surface area contributed by atoms with Crippen molar-refractivity contribution in [3.63, 3.8) is 0 Å². The van der Waals surface area contributed by atoms with Gasteiger partial charge < -0.3 is 15.0 Å². The van der Waals surface area contributed by atoms with Crippen LogP contribution in [0.15, 0.2) is 30.3 Å². The smallest absolute Gasteiger partial charge is 0.407 e. The molecule has 6 nitrogen and oxygen atoms in total. The fourth-order valence-corrected chi connectivity index (χ4v) is 4.12. The minimum absolute atomic E-state index is 0.0218. The van der Waals surface area contributed by atoms with Gasteiger partial charge in [0, 0.05) is 32.6 Å². The molecule has 0 radical (unpaired) electrons. The molecule has 0 aromatic heterocycles. The minimum Gasteiger partial charge on any atom is -0.444 e. The van der Waals surface area contributed by atoms with Crippen LogP contribution in [0, 0.1) is 5.92 Å². The van der Waals surface area contributed by atoms with Crippen molar-refractivity contribution >= 4 is 12.0 Å². The van der Waals surface area contributed by atoms with Gasteiger partial charge in [-0.05, 0) is 38.7 Å². The minimum atomic E-state index is -0.544. The topological polar surface area (TPSA) is 61.9 Å². The van der Waals surface area contributed by atoms with Crippen LogP contribution in [0.4, 0.5) is 4.79 Å². The molecule has 2 amide bonds. The van der Waals surface area contributed by atoms with E-state index in [0.29, 0.717) is 18.9 Å². The normalized spacial score (nSPS) is 26.4. The molecule has 0 aliphatic carbocycles. The Hall–Kier alpha value is -2.08. The molecule has 0 spiro atoms. The van der Waals surface area contributed by atoms with Crippen LogP contribution in [0.2, 0.25) is 0 Å². The Kier molecular flexibility index (Phi) is 6.28. The van der Waals surface area contributed by atoms with Gasteiger partial charge in [-0.1, -0.05) is 37.3 Å². The second-order valence-corrected chi connectivity index (χ2v) is 9.19. The third-order valence-corrected chi connectivity index (χ3v) is 5.40. The van der Waals surface area contributed by atoms with Gasteiger partial charge in [-0.25, -0.2) is 4.79 Å². The monoisotopic (exact) mass is 387 g/mol. The SMILES string of the molecule is CC1CCC(=O)N([C@@H]2CN(Cc3ccccc3)C[C@@H]2NC(=O)OC(C)(C)C)C1. The summed E-state index contributed by atoms with van der Waals surface area (Å²) in [4.78, 5) is 29.3. The summed E-state index contributed by atoms with van der Waals surface area (Å²) in [6, 6.07) is 10.1. The molecule has 154 valence electrons. The first-order chi connectivity index (χ1) is 13.2. The Labute approximate surface area is 168 Å². The number of carbonyl (C=O) groups is 2. The lowest BCUT2D eigenvalue weighted by Gasteiger charge is -2.38. The molecule has 2 aliphatic rings. The summed E-state index contributed by atoms with van der Waals surface area (Å²) in [5, 5.41) is 3.04. The van der Waals surface area contributed by atoms with Crippen molar-refractivity contribution in [3.8, 4) is 0 Å². The van der Waals surface area contributed by atoms with Crippen LogP contribution in [0.1, 0.15) is 46.1 Å². The number of benzene rings is 1. The number of piperidine rings is 1. The maximum Gasteiger partial charge on any atom is 0.407 e. The summed E-state index contributed by atoms with van der Waals surface area (Å²) < 4.78 is 5.46. The van der Waals surface area contributed by atoms with Crippen LogP contribution in [0.3, 0.4) is 0 Å². The molecule has 1 unspecified atom stereocenters. The third-order valence-electron chi connectivity index (χ3n) is 5.40. The van der Waals surface area contributed by atoms with Crippen molar-refractivity contribution in [2.45, 2.75) is 64.8 Å². The first-order valence-electron chi connectivity index (χ1n) is 10.3. The number of amides is 2. The second kappa shape index (κ2) is 8.52. The van der Waals surface area contributed by atoms with Crippen molar-refractivity contribution in [3.05, 3.63) is 35.9 Å². The van der Waals surface area contributed by atoms with E-state index in [1.807, 2.05) is 43.9 Å². The Morgan fingerprint density at radius 2 is 1.89 bits per heavy atom. The molecule has 2 fully saturated rings. The van der Waals surface area contributed by atoms with E-state index in [-0.39, 0.29) is 18.0 Å². The van der Waals surface area contributed by atoms with Crippen LogP contribution >= 0.6 is 0 Å². The lowest BCUT2D eigenvalue weighted by Crippen LogP contribution is -2.56. The third kappa shape index (κ3) is 5.47. The number of hydrogen-bond acceptors (Lipinski definition) is 4. The average molecular weight is 388 g/mol. The molecule has 2 saturated heterocycles. The highest BCUT2D eigenvalue weighted by atomic mass is 16.6. The lowest BCUT2D eigenvalue weighted by atomic mass is 9.97. The van der Waals surface area contributed by atoms with Gasteiger partial charge in [-0.15, -0.1) is 0 Å². The number of carbonyl (C=O) groups excluding carboxylic acids is 2. The Balaban J connectivity index is 1.72. The molecule has 1 N–H and O–H groups in total. The van der Waals surface area contributed by atoms with E-state index in [4.69, 9.17) is 4.74 Å². The Morgan fingerprint density at radius 1 is 1.18 bits per heavy atom. The molecule has 6 heteroatoms. The van der Waals surface area contributed by atoms with Crippen molar-refractivity contribution in [1.82, 2.24) is 15.1 Å². The van der Waals surface area contributed by atoms with Crippen LogP contribution in [-0.4, -0.2) is 59.1 Å². The average Bonchev–Trinajstić information content (AvgIpc) is 2.98. The lowest BCUT2D eigenvalue weighted by molar-refractivity contribution is -0.137. The molecule has 1 aromatic carbocycles. The van der Waals surface area contributed by atoms with Crippen molar-refractivity contribution < 1.29 is 14.3 Å². The van der Waals surface area contributed by atoms with Gasteiger partial charge in [0.15, 0.2) is 0 Å². The van der Waals surface area contributed by atoms with E-state index in [2.05, 4.69) is 29.3 Å². The number of nitrogens with zero attached hydrogens (tertiary/aromatic N) is 2. The molecule has 0 bridgehead atoms. The highest BCUT2D eigenvalue weighted by Gasteiger charge is 2.41. The molecule has 3 atom stereocenters. The van der Waals surface area contributed by atoms with E-state index < -0.39 is 11.7 Å². The first-order valence-corrected chi connectivity index (χ1v) is 10.3. The Bertz CT molecular complexity index is 686. The highest BCUT2D eigenvalue weighted by Crippen LogP contribution is 2.25. The maximum atomic E-state index is 12.6. The highest BCUT2D eigenvalue weighted by molar-refractivity contribution is 5.77. The molecular formula is C22H33N3O3. The zero-order chi connectivity index (χ0) is 20.3. The quantitative estimate of drug-likeness (QED) is 0.863. The summed E-state index contributed by atoms with van der Waals surface area (Å²) in [7, 11) is 0. The predicted molar refractivity (Wildman–Crippen MR) is 109 cm³/mol. The zero-order valence-corrected chi connectivity index (χ0v) is 17.5. The Morgan fingerprint density at radius 3 is 2.57 bits per heavy atom. The molecule has 2 heterocycles. The largest absolute Gasteiger partial charge is 0.444 e. The number of nitrogens with one attached hydrogen (secondary N) is 1. The molecule has 28 heavy (non-hydrogen) atoms. The number of alkyl carbamates (subject to hydrolysis) is 1. The molecule has 3 rings (SSSR count). The summed E-state index contributed by atoms with van der Waals surface area (Å²) in [6.45, 7) is 10.8. The number of rotatable bonds is 4. The van der Waals surface area contributed by atoms with Crippen LogP contribution in [0.5, 0.6) is 0 Å². The number of likely N-dealkylation sites (tertiary alicyclic amines) is 2. The van der Waals surface area contributed by atoms with Crippen LogP contribution < -0.4 is 5.32 Å². The molecule has 1 aromatic rings. The summed E-state index contributed by atoms with van der Waals surface area (Å²) in [5.74, 6) is 0.684. The zero-order valence-electron chi connectivity index (χ0n) is 17.5. The summed E-state index contributed by atoms with van der Waals surface area (Å²) in [6.07, 6.45) is 1.12. The van der Waals surface area contributed by atoms with Crippen molar-refractivity contribution in [2.75, 3.05) is 19.6 Å². The summed E-state index contributed by atoms with van der Waals surface area (Å²) in [5.41, 5.74) is 0.690.